The molecule has 1 N–H and O–H groups in total. The van der Waals surface area contributed by atoms with Gasteiger partial charge in [-0.25, -0.2) is 4.39 Å². The van der Waals surface area contributed by atoms with Gasteiger partial charge in [0.2, 0.25) is 0 Å². The minimum absolute atomic E-state index is 0.0407. The third-order valence-corrected chi connectivity index (χ3v) is 6.95. The molecule has 0 bridgehead atoms. The smallest absolute Gasteiger partial charge is 0.264 e. The Hall–Kier alpha value is -2.46. The van der Waals surface area contributed by atoms with E-state index >= 15 is 0 Å². The van der Waals surface area contributed by atoms with Crippen LogP contribution in [0.15, 0.2) is 78.9 Å². The molecule has 0 heterocycles. The molecule has 0 unspecified atom stereocenters. The zero-order valence-corrected chi connectivity index (χ0v) is 16.7. The van der Waals surface area contributed by atoms with Crippen molar-refractivity contribution in [1.29, 1.82) is 0 Å². The van der Waals surface area contributed by atoms with Crippen LogP contribution >= 0.6 is 7.37 Å². The highest BCUT2D eigenvalue weighted by Gasteiger charge is 2.37. The zero-order valence-electron chi connectivity index (χ0n) is 15.8. The minimum atomic E-state index is -3.83. The van der Waals surface area contributed by atoms with Crippen LogP contribution in [0.3, 0.4) is 0 Å². The molecule has 6 heteroatoms. The number of hydrogen-bond acceptors (Lipinski definition) is 4. The van der Waals surface area contributed by atoms with Gasteiger partial charge in [0.25, 0.3) is 7.37 Å². The second-order valence-corrected chi connectivity index (χ2v) is 9.12. The van der Waals surface area contributed by atoms with Gasteiger partial charge in [0, 0.05) is 30.7 Å². The fourth-order valence-electron chi connectivity index (χ4n) is 2.86. The van der Waals surface area contributed by atoms with Gasteiger partial charge in [0.1, 0.15) is 5.82 Å². The summed E-state index contributed by atoms with van der Waals surface area (Å²) in [6.45, 7) is 0.0407. The molecule has 0 amide bonds. The Morgan fingerprint density at radius 2 is 1.57 bits per heavy atom. The summed E-state index contributed by atoms with van der Waals surface area (Å²) in [6.07, 6.45) is 0. The lowest BCUT2D eigenvalue weighted by molar-refractivity contribution is 0.206. The van der Waals surface area contributed by atoms with Crippen molar-refractivity contribution in [3.8, 4) is 0 Å². The fourth-order valence-corrected chi connectivity index (χ4v) is 4.91. The van der Waals surface area contributed by atoms with Crippen LogP contribution in [0.4, 0.5) is 10.1 Å². The molecular weight excluding hydrogens is 376 g/mol. The van der Waals surface area contributed by atoms with Crippen LogP contribution in [0.5, 0.6) is 0 Å². The highest BCUT2D eigenvalue weighted by molar-refractivity contribution is 7.67. The number of rotatable bonds is 7. The van der Waals surface area contributed by atoms with Gasteiger partial charge in [-0.1, -0.05) is 48.5 Å². The molecule has 0 aliphatic rings. The van der Waals surface area contributed by atoms with Gasteiger partial charge in [0.05, 0.1) is 6.61 Å². The first-order chi connectivity index (χ1) is 13.4. The number of halogens is 1. The quantitative estimate of drug-likeness (QED) is 0.585. The Morgan fingerprint density at radius 3 is 2.18 bits per heavy atom. The first-order valence-corrected chi connectivity index (χ1v) is 10.6. The van der Waals surface area contributed by atoms with Gasteiger partial charge >= 0.3 is 0 Å². The summed E-state index contributed by atoms with van der Waals surface area (Å²) in [5.74, 6) is -2.23. The molecule has 0 fully saturated rings. The van der Waals surface area contributed by atoms with E-state index in [1.165, 1.54) is 18.2 Å². The van der Waals surface area contributed by atoms with E-state index in [1.54, 1.807) is 30.3 Å². The van der Waals surface area contributed by atoms with E-state index < -0.39 is 19.0 Å². The second kappa shape index (κ2) is 8.70. The molecule has 0 saturated heterocycles. The van der Waals surface area contributed by atoms with E-state index in [-0.39, 0.29) is 12.2 Å². The Labute approximate surface area is 164 Å². The molecule has 0 aliphatic heterocycles. The molecule has 0 radical (unpaired) electrons. The highest BCUT2D eigenvalue weighted by Crippen LogP contribution is 2.58. The molecule has 3 aromatic carbocycles. The van der Waals surface area contributed by atoms with E-state index in [1.807, 2.05) is 49.3 Å². The summed E-state index contributed by atoms with van der Waals surface area (Å²) in [6, 6.07) is 21.9. The molecule has 2 atom stereocenters. The van der Waals surface area contributed by atoms with Crippen molar-refractivity contribution in [2.24, 2.45) is 0 Å². The van der Waals surface area contributed by atoms with Crippen molar-refractivity contribution in [2.45, 2.75) is 12.5 Å². The number of nitrogens with zero attached hydrogens (tertiary/aromatic N) is 1. The third-order valence-electron chi connectivity index (χ3n) is 4.50. The van der Waals surface area contributed by atoms with Gasteiger partial charge in [-0.2, -0.15) is 0 Å². The van der Waals surface area contributed by atoms with E-state index in [0.29, 0.717) is 5.30 Å². The molecule has 4 nitrogen and oxygen atoms in total. The van der Waals surface area contributed by atoms with Gasteiger partial charge in [-0.3, -0.25) is 4.57 Å². The van der Waals surface area contributed by atoms with Gasteiger partial charge in [-0.15, -0.1) is 0 Å². The highest BCUT2D eigenvalue weighted by atomic mass is 31.2. The van der Waals surface area contributed by atoms with Crippen molar-refractivity contribution in [1.82, 2.24) is 0 Å². The molecule has 0 spiro atoms. The Bertz CT molecular complexity index is 961. The first kappa shape index (κ1) is 20.3. The number of aliphatic hydroxyl groups excluding tert-OH is 1. The second-order valence-electron chi connectivity index (χ2n) is 6.66. The predicted octanol–water partition coefficient (Wildman–Crippen LogP) is 4.70. The number of benzene rings is 3. The van der Waals surface area contributed by atoms with Crippen LogP contribution in [-0.2, 0) is 15.7 Å². The van der Waals surface area contributed by atoms with Gasteiger partial charge < -0.3 is 14.5 Å². The zero-order chi connectivity index (χ0) is 20.1. The molecule has 0 saturated carbocycles. The van der Waals surface area contributed by atoms with Crippen LogP contribution < -0.4 is 10.2 Å². The summed E-state index contributed by atoms with van der Waals surface area (Å²) in [7, 11) is -0.0351. The molecule has 0 aromatic heterocycles. The monoisotopic (exact) mass is 399 g/mol. The predicted molar refractivity (Wildman–Crippen MR) is 111 cm³/mol. The topological polar surface area (TPSA) is 49.8 Å². The molecule has 3 aromatic rings. The van der Waals surface area contributed by atoms with E-state index in [9.17, 15) is 14.1 Å². The van der Waals surface area contributed by atoms with Crippen LogP contribution in [-0.4, -0.2) is 19.2 Å². The molecule has 146 valence electrons. The summed E-state index contributed by atoms with van der Waals surface area (Å²) in [5, 5.41) is 11.2. The third kappa shape index (κ3) is 4.33. The van der Waals surface area contributed by atoms with Gasteiger partial charge in [0.15, 0.2) is 5.85 Å². The van der Waals surface area contributed by atoms with Crippen molar-refractivity contribution < 1.29 is 18.6 Å². The maximum atomic E-state index is 14.3. The maximum absolute atomic E-state index is 14.3. The molecular formula is C22H23FNO3P. The SMILES string of the molecule is CN(C)c1ccc([P@](=O)(OCc2ccccc2)[C@@H](O)c2ccccc2F)cc1. The van der Waals surface area contributed by atoms with E-state index in [4.69, 9.17) is 4.52 Å². The van der Waals surface area contributed by atoms with Crippen LogP contribution in [0.25, 0.3) is 0 Å². The van der Waals surface area contributed by atoms with Crippen LogP contribution in [0.2, 0.25) is 0 Å². The molecule has 3 rings (SSSR count). The lowest BCUT2D eigenvalue weighted by atomic mass is 10.2. The Morgan fingerprint density at radius 1 is 0.964 bits per heavy atom. The van der Waals surface area contributed by atoms with Crippen molar-refractivity contribution in [2.75, 3.05) is 19.0 Å². The van der Waals surface area contributed by atoms with E-state index in [2.05, 4.69) is 0 Å². The first-order valence-electron chi connectivity index (χ1n) is 8.90. The number of anilines is 1. The molecule has 28 heavy (non-hydrogen) atoms. The summed E-state index contributed by atoms with van der Waals surface area (Å²) in [5.41, 5.74) is 1.68. The largest absolute Gasteiger partial charge is 0.378 e. The van der Waals surface area contributed by atoms with Crippen LogP contribution in [0, 0.1) is 5.82 Å². The van der Waals surface area contributed by atoms with Crippen molar-refractivity contribution in [3.05, 3.63) is 95.8 Å². The minimum Gasteiger partial charge on any atom is -0.378 e. The normalized spacial score (nSPS) is 14.3. The Balaban J connectivity index is 1.99. The lowest BCUT2D eigenvalue weighted by Crippen LogP contribution is -2.16. The fraction of sp³-hybridized carbons (Fsp3) is 0.182. The van der Waals surface area contributed by atoms with Gasteiger partial charge in [-0.05, 0) is 35.9 Å². The average Bonchev–Trinajstić information content (AvgIpc) is 2.72. The maximum Gasteiger partial charge on any atom is 0.264 e. The lowest BCUT2D eigenvalue weighted by Gasteiger charge is -2.25. The number of aliphatic hydroxyl groups is 1. The Kier molecular flexibility index (Phi) is 6.30. The summed E-state index contributed by atoms with van der Waals surface area (Å²) in [4.78, 5) is 1.91. The van der Waals surface area contributed by atoms with Crippen LogP contribution in [0.1, 0.15) is 17.0 Å². The standard InChI is InChI=1S/C22H23FNO3P/c1-24(2)18-12-14-19(15-13-18)28(26,27-16-17-8-4-3-5-9-17)22(25)20-10-6-7-11-21(20)23/h3-15,22,25H,16H2,1-2H3/t22-,28+/m1/s1. The average molecular weight is 399 g/mol. The van der Waals surface area contributed by atoms with Crippen molar-refractivity contribution in [3.63, 3.8) is 0 Å². The molecule has 0 aliphatic carbocycles. The summed E-state index contributed by atoms with van der Waals surface area (Å²) < 4.78 is 33.9. The number of hydrogen-bond donors (Lipinski definition) is 1. The summed E-state index contributed by atoms with van der Waals surface area (Å²) >= 11 is 0. The van der Waals surface area contributed by atoms with Crippen molar-refractivity contribution >= 4 is 18.4 Å². The van der Waals surface area contributed by atoms with E-state index in [0.717, 1.165) is 11.3 Å².